The normalized spacial score (nSPS) is 26.4. The molecule has 1 aliphatic carbocycles. The van der Waals surface area contributed by atoms with Gasteiger partial charge in [0.05, 0.1) is 5.92 Å². The molecule has 1 atom stereocenters. The molecule has 2 amide bonds. The number of likely N-dealkylation sites (tertiary alicyclic amines) is 2. The fourth-order valence-electron chi connectivity index (χ4n) is 4.37. The van der Waals surface area contributed by atoms with E-state index < -0.39 is 0 Å². The molecule has 0 aromatic carbocycles. The van der Waals surface area contributed by atoms with Crippen LogP contribution in [0.15, 0.2) is 0 Å². The third kappa shape index (κ3) is 3.93. The van der Waals surface area contributed by atoms with Crippen molar-refractivity contribution >= 4 is 11.8 Å². The number of carbonyl (C=O) groups is 2. The van der Waals surface area contributed by atoms with Crippen LogP contribution in [-0.4, -0.2) is 71.8 Å². The Morgan fingerprint density at radius 1 is 0.917 bits per heavy atom. The molecule has 0 bridgehead atoms. The number of hydrogen-bond donors (Lipinski definition) is 0. The van der Waals surface area contributed by atoms with Crippen LogP contribution >= 0.6 is 0 Å². The second kappa shape index (κ2) is 7.85. The lowest BCUT2D eigenvalue weighted by atomic mass is 9.92. The number of nitrogens with zero attached hydrogens (tertiary/aromatic N) is 3. The van der Waals surface area contributed by atoms with E-state index in [1.54, 1.807) is 0 Å². The lowest BCUT2D eigenvalue weighted by molar-refractivity contribution is -0.137. The van der Waals surface area contributed by atoms with Gasteiger partial charge in [-0.3, -0.25) is 14.5 Å². The second-order valence-electron chi connectivity index (χ2n) is 7.68. The van der Waals surface area contributed by atoms with Gasteiger partial charge in [0.15, 0.2) is 0 Å². The maximum absolute atomic E-state index is 12.7. The molecule has 2 heterocycles. The van der Waals surface area contributed by atoms with Gasteiger partial charge >= 0.3 is 0 Å². The summed E-state index contributed by atoms with van der Waals surface area (Å²) in [6.07, 6.45) is 6.50. The monoisotopic (exact) mass is 335 g/mol. The smallest absolute Gasteiger partial charge is 0.226 e. The fraction of sp³-hybridized carbons (Fsp3) is 0.895. The van der Waals surface area contributed by atoms with E-state index in [-0.39, 0.29) is 5.92 Å². The Labute approximate surface area is 146 Å². The predicted molar refractivity (Wildman–Crippen MR) is 94.6 cm³/mol. The first kappa shape index (κ1) is 17.7. The highest BCUT2D eigenvalue weighted by Gasteiger charge is 2.37. The van der Waals surface area contributed by atoms with Crippen LogP contribution in [0.25, 0.3) is 0 Å². The van der Waals surface area contributed by atoms with Crippen LogP contribution in [0.4, 0.5) is 0 Å². The molecule has 2 aliphatic heterocycles. The summed E-state index contributed by atoms with van der Waals surface area (Å²) in [5.41, 5.74) is 0. The lowest BCUT2D eigenvalue weighted by Gasteiger charge is -2.42. The van der Waals surface area contributed by atoms with E-state index in [1.165, 1.54) is 0 Å². The minimum absolute atomic E-state index is 0.171. The zero-order chi connectivity index (χ0) is 17.1. The highest BCUT2D eigenvalue weighted by Crippen LogP contribution is 2.32. The van der Waals surface area contributed by atoms with Gasteiger partial charge in [-0.2, -0.15) is 0 Å². The van der Waals surface area contributed by atoms with Crippen molar-refractivity contribution in [2.45, 2.75) is 58.4 Å². The summed E-state index contributed by atoms with van der Waals surface area (Å²) in [5.74, 6) is 1.24. The zero-order valence-electron chi connectivity index (χ0n) is 15.4. The number of piperidine rings is 2. The first-order valence-corrected chi connectivity index (χ1v) is 9.95. The minimum atomic E-state index is 0.171. The van der Waals surface area contributed by atoms with Gasteiger partial charge in [-0.05, 0) is 58.9 Å². The number of hydrogen-bond acceptors (Lipinski definition) is 3. The molecule has 0 aromatic heterocycles. The van der Waals surface area contributed by atoms with Crippen LogP contribution in [-0.2, 0) is 9.59 Å². The Kier molecular flexibility index (Phi) is 5.80. The summed E-state index contributed by atoms with van der Waals surface area (Å²) < 4.78 is 0. The average molecular weight is 335 g/mol. The van der Waals surface area contributed by atoms with Gasteiger partial charge < -0.3 is 9.80 Å². The van der Waals surface area contributed by atoms with Crippen molar-refractivity contribution in [1.29, 1.82) is 0 Å². The molecule has 3 rings (SSSR count). The van der Waals surface area contributed by atoms with Crippen molar-refractivity contribution in [3.8, 4) is 0 Å². The molecule has 0 spiro atoms. The van der Waals surface area contributed by atoms with Gasteiger partial charge in [0.1, 0.15) is 0 Å². The molecule has 1 saturated carbocycles. The van der Waals surface area contributed by atoms with Crippen LogP contribution in [0.2, 0.25) is 0 Å². The Morgan fingerprint density at radius 3 is 2.17 bits per heavy atom. The molecular formula is C19H33N3O2. The predicted octanol–water partition coefficient (Wildman–Crippen LogP) is 1.97. The van der Waals surface area contributed by atoms with Crippen LogP contribution in [0, 0.1) is 11.8 Å². The minimum Gasteiger partial charge on any atom is -0.343 e. The quantitative estimate of drug-likeness (QED) is 0.771. The molecule has 1 unspecified atom stereocenters. The summed E-state index contributed by atoms with van der Waals surface area (Å²) in [6, 6.07) is 0.556. The van der Waals surface area contributed by atoms with E-state index in [0.717, 1.165) is 77.8 Å². The molecule has 0 radical (unpaired) electrons. The Hall–Kier alpha value is -1.10. The Morgan fingerprint density at radius 2 is 1.58 bits per heavy atom. The summed E-state index contributed by atoms with van der Waals surface area (Å²) in [6.45, 7) is 9.60. The zero-order valence-corrected chi connectivity index (χ0v) is 15.4. The molecular weight excluding hydrogens is 302 g/mol. The van der Waals surface area contributed by atoms with Gasteiger partial charge in [0.2, 0.25) is 11.8 Å². The van der Waals surface area contributed by atoms with Gasteiger partial charge in [-0.1, -0.05) is 0 Å². The first-order valence-electron chi connectivity index (χ1n) is 9.95. The SMILES string of the molecule is CCN(CC)C(=O)C1CCCN(C2CCN(C(=O)C3CC3)CC2)C1. The molecule has 5 nitrogen and oxygen atoms in total. The van der Waals surface area contributed by atoms with E-state index in [4.69, 9.17) is 0 Å². The van der Waals surface area contributed by atoms with Crippen molar-refractivity contribution < 1.29 is 9.59 Å². The van der Waals surface area contributed by atoms with Crippen LogP contribution in [0.1, 0.15) is 52.4 Å². The summed E-state index contributed by atoms with van der Waals surface area (Å²) >= 11 is 0. The molecule has 5 heteroatoms. The Bertz CT molecular complexity index is 452. The molecule has 3 aliphatic rings. The van der Waals surface area contributed by atoms with E-state index in [1.807, 2.05) is 4.90 Å². The molecule has 24 heavy (non-hydrogen) atoms. The highest BCUT2D eigenvalue weighted by molar-refractivity contribution is 5.81. The maximum Gasteiger partial charge on any atom is 0.226 e. The molecule has 136 valence electrons. The van der Waals surface area contributed by atoms with Crippen molar-refractivity contribution in [1.82, 2.24) is 14.7 Å². The van der Waals surface area contributed by atoms with Crippen molar-refractivity contribution in [2.24, 2.45) is 11.8 Å². The third-order valence-corrected chi connectivity index (χ3v) is 6.10. The maximum atomic E-state index is 12.7. The number of amides is 2. The van der Waals surface area contributed by atoms with E-state index in [0.29, 0.717) is 23.8 Å². The van der Waals surface area contributed by atoms with E-state index >= 15 is 0 Å². The van der Waals surface area contributed by atoms with Gasteiger partial charge in [-0.15, -0.1) is 0 Å². The molecule has 0 aromatic rings. The van der Waals surface area contributed by atoms with Gasteiger partial charge in [0.25, 0.3) is 0 Å². The topological polar surface area (TPSA) is 43.9 Å². The van der Waals surface area contributed by atoms with Crippen LogP contribution in [0.5, 0.6) is 0 Å². The standard InChI is InChI=1S/C19H33N3O2/c1-3-20(4-2)19(24)16-6-5-11-22(14-16)17-9-12-21(13-10-17)18(23)15-7-8-15/h15-17H,3-14H2,1-2H3. The first-order chi connectivity index (χ1) is 11.6. The van der Waals surface area contributed by atoms with Crippen molar-refractivity contribution in [3.05, 3.63) is 0 Å². The van der Waals surface area contributed by atoms with Crippen molar-refractivity contribution in [3.63, 3.8) is 0 Å². The fourth-order valence-corrected chi connectivity index (χ4v) is 4.37. The van der Waals surface area contributed by atoms with Crippen LogP contribution < -0.4 is 0 Å². The third-order valence-electron chi connectivity index (χ3n) is 6.10. The Balaban J connectivity index is 1.50. The van der Waals surface area contributed by atoms with E-state index in [9.17, 15) is 9.59 Å². The molecule has 3 fully saturated rings. The highest BCUT2D eigenvalue weighted by atomic mass is 16.2. The van der Waals surface area contributed by atoms with Crippen molar-refractivity contribution in [2.75, 3.05) is 39.3 Å². The van der Waals surface area contributed by atoms with E-state index in [2.05, 4.69) is 23.6 Å². The van der Waals surface area contributed by atoms with Crippen LogP contribution in [0.3, 0.4) is 0 Å². The second-order valence-corrected chi connectivity index (χ2v) is 7.68. The number of rotatable bonds is 5. The largest absolute Gasteiger partial charge is 0.343 e. The average Bonchev–Trinajstić information content (AvgIpc) is 3.47. The molecule has 0 N–H and O–H groups in total. The van der Waals surface area contributed by atoms with Gasteiger partial charge in [-0.25, -0.2) is 0 Å². The van der Waals surface area contributed by atoms with Gasteiger partial charge in [0, 0.05) is 44.7 Å². The summed E-state index contributed by atoms with van der Waals surface area (Å²) in [7, 11) is 0. The summed E-state index contributed by atoms with van der Waals surface area (Å²) in [5, 5.41) is 0. The lowest BCUT2D eigenvalue weighted by Crippen LogP contribution is -2.52. The summed E-state index contributed by atoms with van der Waals surface area (Å²) in [4.78, 5) is 31.4. The molecule has 2 saturated heterocycles. The number of carbonyl (C=O) groups excluding carboxylic acids is 2.